The van der Waals surface area contributed by atoms with E-state index in [9.17, 15) is 4.79 Å². The van der Waals surface area contributed by atoms with E-state index in [4.69, 9.17) is 0 Å². The lowest BCUT2D eigenvalue weighted by molar-refractivity contribution is 0.0960. The summed E-state index contributed by atoms with van der Waals surface area (Å²) in [5.41, 5.74) is 0.778. The van der Waals surface area contributed by atoms with Crippen molar-refractivity contribution in [1.82, 2.24) is 15.1 Å². The Labute approximate surface area is 109 Å². The summed E-state index contributed by atoms with van der Waals surface area (Å²) >= 11 is 0. The number of ketones is 1. The Morgan fingerprint density at radius 2 is 2.50 bits per heavy atom. The number of hydrogen-bond donors (Lipinski definition) is 1. The highest BCUT2D eigenvalue weighted by Gasteiger charge is 2.17. The predicted octanol–water partition coefficient (Wildman–Crippen LogP) is 2.26. The summed E-state index contributed by atoms with van der Waals surface area (Å²) in [6.07, 6.45) is 6.89. The normalized spacial score (nSPS) is 19.9. The smallest absolute Gasteiger partial charge is 0.180 e. The Hall–Kier alpha value is -1.16. The highest BCUT2D eigenvalue weighted by Crippen LogP contribution is 2.17. The number of aryl methyl sites for hydroxylation is 1. The molecule has 100 valence electrons. The van der Waals surface area contributed by atoms with Crippen LogP contribution in [0.4, 0.5) is 0 Å². The van der Waals surface area contributed by atoms with Gasteiger partial charge in [-0.3, -0.25) is 9.48 Å². The van der Waals surface area contributed by atoms with Crippen molar-refractivity contribution < 1.29 is 4.79 Å². The van der Waals surface area contributed by atoms with Gasteiger partial charge in [0, 0.05) is 19.2 Å². The van der Waals surface area contributed by atoms with Gasteiger partial charge in [-0.2, -0.15) is 5.10 Å². The first-order valence-electron chi connectivity index (χ1n) is 7.07. The number of hydrogen-bond acceptors (Lipinski definition) is 3. The number of carbonyl (C=O) groups excluding carboxylic acids is 1. The van der Waals surface area contributed by atoms with Crippen LogP contribution in [0.15, 0.2) is 12.3 Å². The molecule has 0 saturated carbocycles. The molecule has 0 bridgehead atoms. The Balaban J connectivity index is 1.84. The van der Waals surface area contributed by atoms with Crippen LogP contribution >= 0.6 is 0 Å². The van der Waals surface area contributed by atoms with E-state index >= 15 is 0 Å². The van der Waals surface area contributed by atoms with Gasteiger partial charge >= 0.3 is 0 Å². The highest BCUT2D eigenvalue weighted by atomic mass is 16.1. The summed E-state index contributed by atoms with van der Waals surface area (Å²) in [6, 6.07) is 1.84. The molecule has 1 saturated heterocycles. The van der Waals surface area contributed by atoms with Gasteiger partial charge in [0.1, 0.15) is 5.69 Å². The summed E-state index contributed by atoms with van der Waals surface area (Å²) in [6.45, 7) is 5.14. The fraction of sp³-hybridized carbons (Fsp3) is 0.714. The number of nitrogens with one attached hydrogen (secondary N) is 1. The van der Waals surface area contributed by atoms with E-state index in [0.717, 1.165) is 38.2 Å². The van der Waals surface area contributed by atoms with Crippen LogP contribution in [0.1, 0.15) is 49.5 Å². The minimum atomic E-state index is 0.242. The average molecular weight is 249 g/mol. The maximum atomic E-state index is 12.2. The minimum Gasteiger partial charge on any atom is -0.316 e. The van der Waals surface area contributed by atoms with E-state index in [1.165, 1.54) is 12.8 Å². The van der Waals surface area contributed by atoms with E-state index < -0.39 is 0 Å². The van der Waals surface area contributed by atoms with Gasteiger partial charge in [-0.15, -0.1) is 0 Å². The van der Waals surface area contributed by atoms with Gasteiger partial charge in [-0.05, 0) is 50.8 Å². The van der Waals surface area contributed by atoms with Crippen LogP contribution in [0.2, 0.25) is 0 Å². The van der Waals surface area contributed by atoms with Gasteiger partial charge in [-0.25, -0.2) is 0 Å². The van der Waals surface area contributed by atoms with E-state index in [-0.39, 0.29) is 5.78 Å². The molecule has 1 aromatic heterocycles. The van der Waals surface area contributed by atoms with Crippen molar-refractivity contribution in [2.24, 2.45) is 5.92 Å². The third kappa shape index (κ3) is 3.42. The molecule has 1 N–H and O–H groups in total. The quantitative estimate of drug-likeness (QED) is 0.787. The Morgan fingerprint density at radius 3 is 3.22 bits per heavy atom. The van der Waals surface area contributed by atoms with E-state index in [2.05, 4.69) is 17.3 Å². The maximum absolute atomic E-state index is 12.2. The van der Waals surface area contributed by atoms with E-state index in [0.29, 0.717) is 12.3 Å². The zero-order valence-corrected chi connectivity index (χ0v) is 11.2. The Kier molecular flexibility index (Phi) is 4.93. The van der Waals surface area contributed by atoms with Crippen molar-refractivity contribution in [2.45, 2.75) is 45.6 Å². The second-order valence-electron chi connectivity index (χ2n) is 5.11. The van der Waals surface area contributed by atoms with Crippen LogP contribution in [-0.2, 0) is 6.54 Å². The first kappa shape index (κ1) is 13.3. The van der Waals surface area contributed by atoms with Crippen molar-refractivity contribution in [1.29, 1.82) is 0 Å². The number of carbonyl (C=O) groups is 1. The van der Waals surface area contributed by atoms with Crippen LogP contribution in [0, 0.1) is 5.92 Å². The Bertz CT molecular complexity index is 380. The van der Waals surface area contributed by atoms with Crippen molar-refractivity contribution in [3.05, 3.63) is 18.0 Å². The topological polar surface area (TPSA) is 46.9 Å². The molecule has 18 heavy (non-hydrogen) atoms. The molecule has 1 atom stereocenters. The van der Waals surface area contributed by atoms with Crippen LogP contribution in [-0.4, -0.2) is 28.7 Å². The average Bonchev–Trinajstić information content (AvgIpc) is 2.86. The van der Waals surface area contributed by atoms with Crippen LogP contribution in [0.3, 0.4) is 0 Å². The molecule has 4 heteroatoms. The summed E-state index contributed by atoms with van der Waals surface area (Å²) in [7, 11) is 0. The second-order valence-corrected chi connectivity index (χ2v) is 5.11. The summed E-state index contributed by atoms with van der Waals surface area (Å²) in [4.78, 5) is 12.2. The zero-order valence-electron chi connectivity index (χ0n) is 11.2. The number of rotatable bonds is 6. The number of piperidine rings is 1. The fourth-order valence-electron chi connectivity index (χ4n) is 2.59. The van der Waals surface area contributed by atoms with Crippen LogP contribution in [0.25, 0.3) is 0 Å². The fourth-order valence-corrected chi connectivity index (χ4v) is 2.59. The van der Waals surface area contributed by atoms with Crippen LogP contribution in [0.5, 0.6) is 0 Å². The van der Waals surface area contributed by atoms with Gasteiger partial charge in [0.15, 0.2) is 5.78 Å². The molecule has 0 radical (unpaired) electrons. The van der Waals surface area contributed by atoms with Gasteiger partial charge < -0.3 is 5.32 Å². The molecular formula is C14H23N3O. The number of Topliss-reactive ketones (excluding diaryl/α,β-unsaturated/α-hetero) is 1. The third-order valence-electron chi connectivity index (χ3n) is 3.62. The minimum absolute atomic E-state index is 0.242. The van der Waals surface area contributed by atoms with Gasteiger partial charge in [0.2, 0.25) is 0 Å². The lowest BCUT2D eigenvalue weighted by atomic mass is 9.93. The molecule has 1 unspecified atom stereocenters. The molecule has 0 amide bonds. The van der Waals surface area contributed by atoms with Gasteiger partial charge in [0.25, 0.3) is 0 Å². The van der Waals surface area contributed by atoms with Crippen molar-refractivity contribution in [3.8, 4) is 0 Å². The number of aromatic nitrogens is 2. The van der Waals surface area contributed by atoms with E-state index in [1.807, 2.05) is 10.7 Å². The highest BCUT2D eigenvalue weighted by molar-refractivity contribution is 5.94. The lowest BCUT2D eigenvalue weighted by Gasteiger charge is -2.22. The monoisotopic (exact) mass is 249 g/mol. The first-order chi connectivity index (χ1) is 8.81. The SMILES string of the molecule is CCCn1nccc1C(=O)CCC1CCCNC1. The lowest BCUT2D eigenvalue weighted by Crippen LogP contribution is -2.30. The zero-order chi connectivity index (χ0) is 12.8. The molecular weight excluding hydrogens is 226 g/mol. The molecule has 1 aromatic rings. The molecule has 2 rings (SSSR count). The molecule has 2 heterocycles. The molecule has 1 aliphatic heterocycles. The van der Waals surface area contributed by atoms with Gasteiger partial charge in [-0.1, -0.05) is 6.92 Å². The molecule has 0 aromatic carbocycles. The van der Waals surface area contributed by atoms with Crippen LogP contribution < -0.4 is 5.32 Å². The van der Waals surface area contributed by atoms with Gasteiger partial charge in [0.05, 0.1) is 0 Å². The first-order valence-corrected chi connectivity index (χ1v) is 7.07. The third-order valence-corrected chi connectivity index (χ3v) is 3.62. The maximum Gasteiger partial charge on any atom is 0.180 e. The Morgan fingerprint density at radius 1 is 1.61 bits per heavy atom. The van der Waals surface area contributed by atoms with Crippen molar-refractivity contribution in [2.75, 3.05) is 13.1 Å². The summed E-state index contributed by atoms with van der Waals surface area (Å²) < 4.78 is 1.83. The second kappa shape index (κ2) is 6.69. The summed E-state index contributed by atoms with van der Waals surface area (Å²) in [5.74, 6) is 0.914. The standard InChI is InChI=1S/C14H23N3O/c1-2-10-17-13(7-9-16-17)14(18)6-5-12-4-3-8-15-11-12/h7,9,12,15H,2-6,8,10-11H2,1H3. The molecule has 0 aliphatic carbocycles. The molecule has 1 fully saturated rings. The molecule has 4 nitrogen and oxygen atoms in total. The largest absolute Gasteiger partial charge is 0.316 e. The van der Waals surface area contributed by atoms with E-state index in [1.54, 1.807) is 6.20 Å². The molecule has 0 spiro atoms. The van der Waals surface area contributed by atoms with Crippen molar-refractivity contribution >= 4 is 5.78 Å². The predicted molar refractivity (Wildman–Crippen MR) is 71.7 cm³/mol. The van der Waals surface area contributed by atoms with Crippen molar-refractivity contribution in [3.63, 3.8) is 0 Å². The summed E-state index contributed by atoms with van der Waals surface area (Å²) in [5, 5.41) is 7.60. The number of nitrogens with zero attached hydrogens (tertiary/aromatic N) is 2. The molecule has 1 aliphatic rings.